The van der Waals surface area contributed by atoms with Crippen molar-refractivity contribution in [3.63, 3.8) is 0 Å². The number of hydrogen-bond acceptors (Lipinski definition) is 5. The lowest BCUT2D eigenvalue weighted by Gasteiger charge is -2.18. The van der Waals surface area contributed by atoms with Gasteiger partial charge in [0.15, 0.2) is 18.1 Å². The molecule has 130 valence electrons. The maximum Gasteiger partial charge on any atom is 0.338 e. The minimum atomic E-state index is -0.649. The van der Waals surface area contributed by atoms with Crippen LogP contribution in [-0.4, -0.2) is 31.7 Å². The molecule has 1 aliphatic heterocycles. The molecule has 8 heteroatoms. The highest BCUT2D eigenvalue weighted by atomic mass is 35.5. The van der Waals surface area contributed by atoms with E-state index in [0.717, 1.165) is 0 Å². The van der Waals surface area contributed by atoms with E-state index in [4.69, 9.17) is 37.4 Å². The van der Waals surface area contributed by atoms with Crippen molar-refractivity contribution in [2.75, 3.05) is 25.1 Å². The van der Waals surface area contributed by atoms with Crippen molar-refractivity contribution in [2.24, 2.45) is 0 Å². The van der Waals surface area contributed by atoms with Gasteiger partial charge in [0, 0.05) is 0 Å². The largest absolute Gasteiger partial charge is 0.486 e. The fourth-order valence-electron chi connectivity index (χ4n) is 2.17. The first-order chi connectivity index (χ1) is 12.0. The Morgan fingerprint density at radius 1 is 1.08 bits per heavy atom. The van der Waals surface area contributed by atoms with Crippen molar-refractivity contribution in [3.05, 3.63) is 52.0 Å². The Morgan fingerprint density at radius 2 is 1.84 bits per heavy atom. The predicted octanol–water partition coefficient (Wildman–Crippen LogP) is 3.56. The number of carbonyl (C=O) groups is 2. The molecule has 25 heavy (non-hydrogen) atoms. The summed E-state index contributed by atoms with van der Waals surface area (Å²) in [5.74, 6) is -0.147. The molecule has 0 aliphatic carbocycles. The molecule has 6 nitrogen and oxygen atoms in total. The van der Waals surface area contributed by atoms with Gasteiger partial charge in [-0.1, -0.05) is 29.3 Å². The van der Waals surface area contributed by atoms with E-state index in [1.54, 1.807) is 30.3 Å². The summed E-state index contributed by atoms with van der Waals surface area (Å²) in [7, 11) is 0. The van der Waals surface area contributed by atoms with E-state index < -0.39 is 18.5 Å². The Labute approximate surface area is 153 Å². The van der Waals surface area contributed by atoms with Crippen LogP contribution in [0.25, 0.3) is 0 Å². The number of nitrogens with one attached hydrogen (secondary N) is 1. The van der Waals surface area contributed by atoms with Crippen LogP contribution < -0.4 is 14.8 Å². The average molecular weight is 382 g/mol. The molecule has 0 fully saturated rings. The standard InChI is InChI=1S/C17H13Cl2NO5/c18-11-2-1-3-12(16(11)19)20-15(21)9-25-17(22)10-4-5-13-14(8-10)24-7-6-23-13/h1-5,8H,6-7,9H2,(H,20,21). The summed E-state index contributed by atoms with van der Waals surface area (Å²) < 4.78 is 15.8. The van der Waals surface area contributed by atoms with Crippen LogP contribution in [0.15, 0.2) is 36.4 Å². The molecule has 1 aliphatic rings. The van der Waals surface area contributed by atoms with Crippen LogP contribution in [0.1, 0.15) is 10.4 Å². The molecule has 1 N–H and O–H groups in total. The van der Waals surface area contributed by atoms with Crippen molar-refractivity contribution >= 4 is 40.8 Å². The highest BCUT2D eigenvalue weighted by Crippen LogP contribution is 2.31. The van der Waals surface area contributed by atoms with Gasteiger partial charge in [-0.3, -0.25) is 4.79 Å². The van der Waals surface area contributed by atoms with Crippen molar-refractivity contribution in [2.45, 2.75) is 0 Å². The fraction of sp³-hybridized carbons (Fsp3) is 0.176. The summed E-state index contributed by atoms with van der Waals surface area (Å²) in [4.78, 5) is 24.0. The molecule has 0 unspecified atom stereocenters. The smallest absolute Gasteiger partial charge is 0.338 e. The number of rotatable bonds is 4. The van der Waals surface area contributed by atoms with Crippen LogP contribution in [0, 0.1) is 0 Å². The molecule has 0 atom stereocenters. The maximum absolute atomic E-state index is 12.1. The van der Waals surface area contributed by atoms with Crippen LogP contribution >= 0.6 is 23.2 Å². The predicted molar refractivity (Wildman–Crippen MR) is 92.8 cm³/mol. The van der Waals surface area contributed by atoms with Gasteiger partial charge in [0.05, 0.1) is 21.3 Å². The van der Waals surface area contributed by atoms with Gasteiger partial charge in [0.25, 0.3) is 5.91 Å². The highest BCUT2D eigenvalue weighted by molar-refractivity contribution is 6.44. The second kappa shape index (κ2) is 7.63. The van der Waals surface area contributed by atoms with Crippen molar-refractivity contribution in [1.29, 1.82) is 0 Å². The third-order valence-corrected chi connectivity index (χ3v) is 4.16. The summed E-state index contributed by atoms with van der Waals surface area (Å²) in [6.45, 7) is 0.410. The van der Waals surface area contributed by atoms with Gasteiger partial charge in [-0.2, -0.15) is 0 Å². The summed E-state index contributed by atoms with van der Waals surface area (Å²) in [5, 5.41) is 3.06. The number of fused-ring (bicyclic) bond motifs is 1. The third-order valence-electron chi connectivity index (χ3n) is 3.34. The van der Waals surface area contributed by atoms with E-state index in [2.05, 4.69) is 5.32 Å². The molecule has 1 heterocycles. The van der Waals surface area contributed by atoms with E-state index in [1.807, 2.05) is 0 Å². The van der Waals surface area contributed by atoms with Gasteiger partial charge in [0.2, 0.25) is 0 Å². The number of amides is 1. The lowest BCUT2D eigenvalue weighted by atomic mass is 10.2. The van der Waals surface area contributed by atoms with E-state index in [0.29, 0.717) is 35.4 Å². The fourth-order valence-corrected chi connectivity index (χ4v) is 2.52. The Morgan fingerprint density at radius 3 is 2.64 bits per heavy atom. The molecule has 0 saturated heterocycles. The lowest BCUT2D eigenvalue weighted by molar-refractivity contribution is -0.119. The van der Waals surface area contributed by atoms with Crippen LogP contribution in [0.2, 0.25) is 10.0 Å². The van der Waals surface area contributed by atoms with Gasteiger partial charge in [0.1, 0.15) is 13.2 Å². The number of benzene rings is 2. The van der Waals surface area contributed by atoms with Crippen molar-refractivity contribution in [1.82, 2.24) is 0 Å². The van der Waals surface area contributed by atoms with Gasteiger partial charge < -0.3 is 19.5 Å². The van der Waals surface area contributed by atoms with Crippen LogP contribution in [0.3, 0.4) is 0 Å². The normalized spacial score (nSPS) is 12.4. The summed E-state index contributed by atoms with van der Waals surface area (Å²) in [5.41, 5.74) is 0.604. The SMILES string of the molecule is O=C(COC(=O)c1ccc2c(c1)OCCO2)Nc1cccc(Cl)c1Cl. The summed E-state index contributed by atoms with van der Waals surface area (Å²) in [6, 6.07) is 9.52. The first-order valence-corrected chi connectivity index (χ1v) is 8.11. The zero-order valence-electron chi connectivity index (χ0n) is 12.9. The summed E-state index contributed by atoms with van der Waals surface area (Å²) in [6.07, 6.45) is 0. The van der Waals surface area contributed by atoms with E-state index in [9.17, 15) is 9.59 Å². The van der Waals surface area contributed by atoms with E-state index in [-0.39, 0.29) is 10.6 Å². The minimum absolute atomic E-state index is 0.218. The Bertz CT molecular complexity index is 825. The quantitative estimate of drug-likeness (QED) is 0.819. The molecule has 1 amide bonds. The second-order valence-corrected chi connectivity index (χ2v) is 5.87. The Hall–Kier alpha value is -2.44. The number of hydrogen-bond donors (Lipinski definition) is 1. The lowest BCUT2D eigenvalue weighted by Crippen LogP contribution is -2.21. The topological polar surface area (TPSA) is 73.9 Å². The van der Waals surface area contributed by atoms with Crippen molar-refractivity contribution < 1.29 is 23.8 Å². The number of esters is 1. The zero-order valence-corrected chi connectivity index (χ0v) is 14.4. The maximum atomic E-state index is 12.1. The summed E-state index contributed by atoms with van der Waals surface area (Å²) >= 11 is 11.9. The Balaban J connectivity index is 1.58. The number of carbonyl (C=O) groups excluding carboxylic acids is 2. The third kappa shape index (κ3) is 4.15. The van der Waals surface area contributed by atoms with Gasteiger partial charge in [-0.05, 0) is 30.3 Å². The van der Waals surface area contributed by atoms with E-state index >= 15 is 0 Å². The van der Waals surface area contributed by atoms with Gasteiger partial charge in [-0.25, -0.2) is 4.79 Å². The highest BCUT2D eigenvalue weighted by Gasteiger charge is 2.17. The minimum Gasteiger partial charge on any atom is -0.486 e. The van der Waals surface area contributed by atoms with Crippen LogP contribution in [0.5, 0.6) is 11.5 Å². The molecular formula is C17H13Cl2NO5. The Kier molecular flexibility index (Phi) is 5.31. The van der Waals surface area contributed by atoms with Gasteiger partial charge in [-0.15, -0.1) is 0 Å². The molecule has 2 aromatic rings. The molecule has 2 aromatic carbocycles. The zero-order chi connectivity index (χ0) is 17.8. The first kappa shape index (κ1) is 17.4. The number of halogens is 2. The van der Waals surface area contributed by atoms with Crippen LogP contribution in [0.4, 0.5) is 5.69 Å². The molecule has 0 aromatic heterocycles. The molecule has 0 spiro atoms. The average Bonchev–Trinajstić information content (AvgIpc) is 2.63. The first-order valence-electron chi connectivity index (χ1n) is 7.35. The molecule has 0 radical (unpaired) electrons. The van der Waals surface area contributed by atoms with Gasteiger partial charge >= 0.3 is 5.97 Å². The monoisotopic (exact) mass is 381 g/mol. The molecular weight excluding hydrogens is 369 g/mol. The number of ether oxygens (including phenoxy) is 3. The molecule has 3 rings (SSSR count). The van der Waals surface area contributed by atoms with Crippen molar-refractivity contribution in [3.8, 4) is 11.5 Å². The molecule has 0 saturated carbocycles. The van der Waals surface area contributed by atoms with E-state index in [1.165, 1.54) is 6.07 Å². The second-order valence-electron chi connectivity index (χ2n) is 5.08. The molecule has 0 bridgehead atoms. The number of anilines is 1. The van der Waals surface area contributed by atoms with Crippen LogP contribution in [-0.2, 0) is 9.53 Å².